The van der Waals surface area contributed by atoms with E-state index < -0.39 is 77.6 Å². The molecule has 2 bridgehead atoms. The number of rotatable bonds is 6. The molecule has 15 nitrogen and oxygen atoms in total. The van der Waals surface area contributed by atoms with Gasteiger partial charge in [0.2, 0.25) is 0 Å². The number of carbonyl (C=O) groups excluding carboxylic acids is 1. The number of para-hydroxylation sites is 2. The molecule has 1 aromatic carbocycles. The van der Waals surface area contributed by atoms with Crippen LogP contribution in [0, 0.1) is 27.9 Å². The summed E-state index contributed by atoms with van der Waals surface area (Å²) in [7, 11) is 5.74. The Kier molecular flexibility index (Phi) is 13.9. The third-order valence-corrected chi connectivity index (χ3v) is 13.1. The first kappa shape index (κ1) is 44.6. The molecule has 0 saturated carbocycles. The number of carbonyl (C=O) groups is 1. The molecule has 0 aliphatic carbocycles. The van der Waals surface area contributed by atoms with E-state index in [1.807, 2.05) is 63.5 Å². The summed E-state index contributed by atoms with van der Waals surface area (Å²) in [5.74, 6) is -3.27. The monoisotopic (exact) mass is 792 g/mol. The average Bonchev–Trinajstić information content (AvgIpc) is 3.21. The minimum Gasteiger partial charge on any atom is -0.459 e. The van der Waals surface area contributed by atoms with Crippen molar-refractivity contribution in [1.29, 1.82) is 0 Å². The van der Waals surface area contributed by atoms with Gasteiger partial charge in [0.05, 0.1) is 34.8 Å². The van der Waals surface area contributed by atoms with Crippen molar-refractivity contribution >= 4 is 17.3 Å². The summed E-state index contributed by atoms with van der Waals surface area (Å²) in [6.45, 7) is 16.2. The molecular weight excluding hydrogens is 724 g/mol. The van der Waals surface area contributed by atoms with Gasteiger partial charge in [-0.1, -0.05) is 32.9 Å². The molecule has 1 spiro atoms. The zero-order valence-electron chi connectivity index (χ0n) is 35.3. The lowest BCUT2D eigenvalue weighted by molar-refractivity contribution is -0.384. The average molecular weight is 793 g/mol. The molecule has 4 aliphatic heterocycles. The quantitative estimate of drug-likeness (QED) is 0.215. The summed E-state index contributed by atoms with van der Waals surface area (Å²) in [5.41, 5.74) is -2.30. The van der Waals surface area contributed by atoms with Crippen molar-refractivity contribution in [2.75, 3.05) is 45.7 Å². The molecule has 4 fully saturated rings. The van der Waals surface area contributed by atoms with Gasteiger partial charge in [-0.05, 0) is 87.0 Å². The SMILES string of the molecule is CC[C@H]1OC(=O)[C@H](C)[C@H]2OC3(CCN(c4ccccc4[N+](=O)[O-])CC3)O[C@](C)(C[C@@H](C)CN(C)[C@H](C)[C@@H](O)[C@]1(C)O)[C@H](O[C@@H]1O[C@H](C)CC(N(C)C)[C@H]1O)[C@H]2C. The van der Waals surface area contributed by atoms with Gasteiger partial charge in [0.25, 0.3) is 5.69 Å². The van der Waals surface area contributed by atoms with Crippen LogP contribution in [0.15, 0.2) is 24.3 Å². The predicted molar refractivity (Wildman–Crippen MR) is 210 cm³/mol. The Bertz CT molecular complexity index is 1510. The van der Waals surface area contributed by atoms with Crippen molar-refractivity contribution in [3.05, 3.63) is 34.4 Å². The highest BCUT2D eigenvalue weighted by Gasteiger charge is 2.58. The first-order valence-corrected chi connectivity index (χ1v) is 20.5. The number of esters is 1. The van der Waals surface area contributed by atoms with E-state index in [-0.39, 0.29) is 35.1 Å². The normalized spacial score (nSPS) is 41.8. The van der Waals surface area contributed by atoms with Gasteiger partial charge in [-0.3, -0.25) is 14.9 Å². The lowest BCUT2D eigenvalue weighted by Gasteiger charge is -2.49. The minimum atomic E-state index is -1.76. The van der Waals surface area contributed by atoms with Gasteiger partial charge in [0.1, 0.15) is 29.6 Å². The zero-order chi connectivity index (χ0) is 41.5. The molecule has 15 heteroatoms. The second-order valence-corrected chi connectivity index (χ2v) is 17.9. The Hall–Kier alpha value is -2.47. The van der Waals surface area contributed by atoms with Crippen LogP contribution in [-0.2, 0) is 28.5 Å². The summed E-state index contributed by atoms with van der Waals surface area (Å²) in [6, 6.07) is 5.96. The largest absolute Gasteiger partial charge is 0.459 e. The number of nitro groups is 1. The van der Waals surface area contributed by atoms with Crippen LogP contribution in [0.1, 0.15) is 87.5 Å². The smallest absolute Gasteiger partial charge is 0.311 e. The first-order chi connectivity index (χ1) is 26.1. The van der Waals surface area contributed by atoms with Crippen LogP contribution in [0.25, 0.3) is 0 Å². The summed E-state index contributed by atoms with van der Waals surface area (Å²) in [5, 5.41) is 47.0. The molecule has 4 saturated heterocycles. The minimum absolute atomic E-state index is 0.0173. The summed E-state index contributed by atoms with van der Waals surface area (Å²) in [6.07, 6.45) is -4.03. The number of aliphatic hydroxyl groups is 3. The number of benzene rings is 1. The maximum absolute atomic E-state index is 14.3. The predicted octanol–water partition coefficient (Wildman–Crippen LogP) is 3.94. The lowest BCUT2D eigenvalue weighted by atomic mass is 9.78. The van der Waals surface area contributed by atoms with Crippen LogP contribution in [0.5, 0.6) is 0 Å². The Labute approximate surface area is 332 Å². The molecule has 3 N–H and O–H groups in total. The van der Waals surface area contributed by atoms with Gasteiger partial charge >= 0.3 is 5.97 Å². The van der Waals surface area contributed by atoms with Gasteiger partial charge in [0.15, 0.2) is 12.1 Å². The van der Waals surface area contributed by atoms with Gasteiger partial charge in [-0.25, -0.2) is 0 Å². The second-order valence-electron chi connectivity index (χ2n) is 17.9. The molecule has 0 aromatic heterocycles. The fourth-order valence-corrected chi connectivity index (χ4v) is 9.90. The fourth-order valence-electron chi connectivity index (χ4n) is 9.90. The van der Waals surface area contributed by atoms with E-state index >= 15 is 0 Å². The van der Waals surface area contributed by atoms with Crippen molar-refractivity contribution in [3.8, 4) is 0 Å². The van der Waals surface area contributed by atoms with Crippen molar-refractivity contribution in [2.24, 2.45) is 17.8 Å². The van der Waals surface area contributed by atoms with Crippen LogP contribution in [0.4, 0.5) is 11.4 Å². The Balaban J connectivity index is 1.62. The van der Waals surface area contributed by atoms with Crippen LogP contribution < -0.4 is 4.90 Å². The van der Waals surface area contributed by atoms with E-state index in [1.165, 1.54) is 13.0 Å². The molecule has 4 heterocycles. The zero-order valence-corrected chi connectivity index (χ0v) is 35.3. The summed E-state index contributed by atoms with van der Waals surface area (Å²) in [4.78, 5) is 31.9. The van der Waals surface area contributed by atoms with Crippen molar-refractivity contribution in [1.82, 2.24) is 9.80 Å². The highest BCUT2D eigenvalue weighted by Crippen LogP contribution is 2.48. The van der Waals surface area contributed by atoms with Crippen LogP contribution in [0.3, 0.4) is 0 Å². The number of aliphatic hydroxyl groups excluding tert-OH is 2. The van der Waals surface area contributed by atoms with Crippen molar-refractivity contribution < 1.29 is 48.7 Å². The van der Waals surface area contributed by atoms with E-state index in [1.54, 1.807) is 32.0 Å². The first-order valence-electron chi connectivity index (χ1n) is 20.5. The highest BCUT2D eigenvalue weighted by atomic mass is 16.7. The number of nitro benzene ring substituents is 1. The number of likely N-dealkylation sites (N-methyl/N-ethyl adjacent to an activating group) is 2. The molecule has 0 amide bonds. The number of ether oxygens (including phenoxy) is 5. The molecule has 1 aromatic rings. The number of cyclic esters (lactones) is 1. The van der Waals surface area contributed by atoms with E-state index in [0.29, 0.717) is 51.0 Å². The maximum atomic E-state index is 14.3. The molecule has 4 aliphatic rings. The van der Waals surface area contributed by atoms with Gasteiger partial charge in [0, 0.05) is 56.5 Å². The number of anilines is 1. The summed E-state index contributed by atoms with van der Waals surface area (Å²) < 4.78 is 34.0. The number of nitrogens with zero attached hydrogens (tertiary/aromatic N) is 4. The topological polar surface area (TPSA) is 177 Å². The molecular formula is C41H68N4O11. The van der Waals surface area contributed by atoms with Crippen LogP contribution in [0.2, 0.25) is 0 Å². The highest BCUT2D eigenvalue weighted by molar-refractivity contribution is 5.73. The number of hydrogen-bond acceptors (Lipinski definition) is 14. The standard InChI is InChI=1S/C41H68N4O11/c1-12-32-40(8,49)35(47)28(6)43(11)23-24(2)22-39(7)36(54-38-33(46)31(42(9)10)21-25(3)52-38)26(4)34(27(5)37(48)53-32)55-41(56-39)17-19-44(20-18-41)29-15-13-14-16-30(29)45(50)51/h13-16,24-28,31-36,38,46-47,49H,12,17-23H2,1-11H3/t24-,25-,26+,27-,28-,31?,32-,33-,34+,35-,36-,38+,39-,40-/m1/s1. The van der Waals surface area contributed by atoms with Crippen LogP contribution >= 0.6 is 0 Å². The number of hydrogen-bond donors (Lipinski definition) is 3. The molecule has 1 unspecified atom stereocenters. The lowest BCUT2D eigenvalue weighted by Crippen LogP contribution is -2.60. The Morgan fingerprint density at radius 1 is 1.07 bits per heavy atom. The summed E-state index contributed by atoms with van der Waals surface area (Å²) >= 11 is 0. The van der Waals surface area contributed by atoms with Crippen LogP contribution in [-0.4, -0.2) is 149 Å². The van der Waals surface area contributed by atoms with Gasteiger partial charge in [-0.15, -0.1) is 0 Å². The van der Waals surface area contributed by atoms with Crippen molar-refractivity contribution in [2.45, 2.75) is 159 Å². The number of fused-ring (bicyclic) bond motifs is 3. The van der Waals surface area contributed by atoms with Gasteiger partial charge in [-0.2, -0.15) is 0 Å². The Morgan fingerprint density at radius 2 is 1.71 bits per heavy atom. The van der Waals surface area contributed by atoms with E-state index in [9.17, 15) is 30.2 Å². The molecule has 5 rings (SSSR count). The third kappa shape index (κ3) is 9.06. The second kappa shape index (κ2) is 17.4. The molecule has 318 valence electrons. The fraction of sp³-hybridized carbons (Fsp3) is 0.829. The molecule has 56 heavy (non-hydrogen) atoms. The van der Waals surface area contributed by atoms with E-state index in [4.69, 9.17) is 23.7 Å². The third-order valence-electron chi connectivity index (χ3n) is 13.1. The molecule has 14 atom stereocenters. The van der Waals surface area contributed by atoms with Crippen molar-refractivity contribution in [3.63, 3.8) is 0 Å². The molecule has 0 radical (unpaired) electrons. The maximum Gasteiger partial charge on any atom is 0.311 e. The van der Waals surface area contributed by atoms with Gasteiger partial charge < -0.3 is 53.7 Å². The van der Waals surface area contributed by atoms with E-state index in [2.05, 4.69) is 6.92 Å². The van der Waals surface area contributed by atoms with E-state index in [0.717, 1.165) is 0 Å². The number of piperidine rings is 1. The Morgan fingerprint density at radius 3 is 2.32 bits per heavy atom.